The molecule has 0 amide bonds. The highest BCUT2D eigenvalue weighted by Crippen LogP contribution is 2.40. The highest BCUT2D eigenvalue weighted by Gasteiger charge is 2.45. The number of esters is 1. The fourth-order valence-corrected chi connectivity index (χ4v) is 3.11. The molecule has 1 aliphatic heterocycles. The van der Waals surface area contributed by atoms with Crippen LogP contribution in [0.3, 0.4) is 0 Å². The Morgan fingerprint density at radius 2 is 1.66 bits per heavy atom. The number of phenolic OH excluding ortho intramolecular Hbond substituents is 2. The third-order valence-corrected chi connectivity index (χ3v) is 4.84. The zero-order chi connectivity index (χ0) is 23.4. The zero-order valence-corrected chi connectivity index (χ0v) is 17.2. The molecule has 3 rings (SSSR count). The monoisotopic (exact) mass is 452 g/mol. The predicted molar refractivity (Wildman–Crippen MR) is 107 cm³/mol. The van der Waals surface area contributed by atoms with Crippen molar-refractivity contribution in [2.24, 2.45) is 0 Å². The van der Waals surface area contributed by atoms with Crippen LogP contribution in [0, 0.1) is 0 Å². The van der Waals surface area contributed by atoms with Gasteiger partial charge in [0, 0.05) is 12.1 Å². The van der Waals surface area contributed by atoms with E-state index in [0.29, 0.717) is 0 Å². The van der Waals surface area contributed by atoms with E-state index in [-0.39, 0.29) is 34.3 Å². The first kappa shape index (κ1) is 23.4. The van der Waals surface area contributed by atoms with Gasteiger partial charge in [0.1, 0.15) is 42.5 Å². The Hall–Kier alpha value is -3.25. The second kappa shape index (κ2) is 9.92. The van der Waals surface area contributed by atoms with Gasteiger partial charge in [0.05, 0.1) is 19.8 Å². The van der Waals surface area contributed by atoms with Gasteiger partial charge >= 0.3 is 5.97 Å². The average molecular weight is 452 g/mol. The van der Waals surface area contributed by atoms with Crippen LogP contribution in [-0.2, 0) is 9.47 Å². The molecular weight excluding hydrogens is 428 g/mol. The van der Waals surface area contributed by atoms with Crippen molar-refractivity contribution in [3.63, 3.8) is 0 Å². The lowest BCUT2D eigenvalue weighted by Gasteiger charge is -2.39. The number of rotatable bonds is 7. The summed E-state index contributed by atoms with van der Waals surface area (Å²) in [5.41, 5.74) is 0.155. The van der Waals surface area contributed by atoms with E-state index in [1.807, 2.05) is 0 Å². The number of hydrogen-bond acceptors (Lipinski definition) is 11. The van der Waals surface area contributed by atoms with Gasteiger partial charge in [-0.15, -0.1) is 0 Å². The van der Waals surface area contributed by atoms with Crippen LogP contribution in [0.5, 0.6) is 28.7 Å². The van der Waals surface area contributed by atoms with Gasteiger partial charge in [-0.1, -0.05) is 0 Å². The van der Waals surface area contributed by atoms with E-state index in [0.717, 1.165) is 0 Å². The van der Waals surface area contributed by atoms with Crippen molar-refractivity contribution < 1.29 is 54.0 Å². The molecule has 0 saturated carbocycles. The molecule has 0 unspecified atom stereocenters. The van der Waals surface area contributed by atoms with E-state index >= 15 is 0 Å². The Morgan fingerprint density at radius 1 is 0.969 bits per heavy atom. The molecule has 0 radical (unpaired) electrons. The Morgan fingerprint density at radius 3 is 2.28 bits per heavy atom. The molecule has 1 aliphatic rings. The summed E-state index contributed by atoms with van der Waals surface area (Å²) in [6.45, 7) is -0.457. The summed E-state index contributed by atoms with van der Waals surface area (Å²) >= 11 is 0. The normalized spacial score (nSPS) is 25.1. The molecule has 0 spiro atoms. The number of carbonyl (C=O) groups is 1. The molecule has 11 heteroatoms. The SMILES string of the molecule is COc1cc(O[C@@H]2O[C@H](COC(=O)c3ccc(O)cc3)[C@@H](O)[C@H](O)[C@H]2O)cc(O)c1OC. The van der Waals surface area contributed by atoms with Gasteiger partial charge in [0.2, 0.25) is 12.0 Å². The van der Waals surface area contributed by atoms with E-state index in [1.54, 1.807) is 0 Å². The summed E-state index contributed by atoms with van der Waals surface area (Å²) < 4.78 is 26.3. The maximum Gasteiger partial charge on any atom is 0.338 e. The molecule has 0 aromatic heterocycles. The topological polar surface area (TPSA) is 164 Å². The number of carbonyl (C=O) groups excluding carboxylic acids is 1. The predicted octanol–water partition coefficient (Wildman–Crippen LogP) is 0.158. The van der Waals surface area contributed by atoms with Crippen LogP contribution >= 0.6 is 0 Å². The number of aromatic hydroxyl groups is 2. The van der Waals surface area contributed by atoms with Crippen molar-refractivity contribution in [3.05, 3.63) is 42.0 Å². The molecular formula is C21H24O11. The molecule has 5 atom stereocenters. The van der Waals surface area contributed by atoms with Crippen LogP contribution < -0.4 is 14.2 Å². The van der Waals surface area contributed by atoms with E-state index in [4.69, 9.17) is 23.7 Å². The molecule has 2 aromatic carbocycles. The number of aliphatic hydroxyl groups excluding tert-OH is 3. The van der Waals surface area contributed by atoms with Gasteiger partial charge in [-0.25, -0.2) is 4.79 Å². The van der Waals surface area contributed by atoms with Crippen molar-refractivity contribution in [2.45, 2.75) is 30.7 Å². The van der Waals surface area contributed by atoms with E-state index in [1.165, 1.54) is 50.6 Å². The fraction of sp³-hybridized carbons (Fsp3) is 0.381. The highest BCUT2D eigenvalue weighted by atomic mass is 16.7. The van der Waals surface area contributed by atoms with Crippen LogP contribution in [0.4, 0.5) is 0 Å². The zero-order valence-electron chi connectivity index (χ0n) is 17.2. The van der Waals surface area contributed by atoms with Gasteiger partial charge < -0.3 is 49.2 Å². The lowest BCUT2D eigenvalue weighted by Crippen LogP contribution is -2.60. The van der Waals surface area contributed by atoms with Crippen molar-refractivity contribution in [3.8, 4) is 28.7 Å². The molecule has 0 bridgehead atoms. The van der Waals surface area contributed by atoms with E-state index in [9.17, 15) is 30.3 Å². The third-order valence-electron chi connectivity index (χ3n) is 4.84. The van der Waals surface area contributed by atoms with Gasteiger partial charge in [-0.05, 0) is 24.3 Å². The summed E-state index contributed by atoms with van der Waals surface area (Å²) in [5, 5.41) is 50.0. The Bertz CT molecular complexity index is 930. The maximum atomic E-state index is 12.2. The average Bonchev–Trinajstić information content (AvgIpc) is 2.78. The number of methoxy groups -OCH3 is 2. The summed E-state index contributed by atoms with van der Waals surface area (Å²) in [4.78, 5) is 12.2. The van der Waals surface area contributed by atoms with Crippen LogP contribution in [-0.4, -0.2) is 83.0 Å². The van der Waals surface area contributed by atoms with Gasteiger partial charge in [0.25, 0.3) is 0 Å². The number of hydrogen-bond donors (Lipinski definition) is 5. The Labute approximate surface area is 182 Å². The van der Waals surface area contributed by atoms with Crippen LogP contribution in [0.25, 0.3) is 0 Å². The third kappa shape index (κ3) is 4.97. The number of ether oxygens (including phenoxy) is 5. The van der Waals surface area contributed by atoms with Gasteiger partial charge in [0.15, 0.2) is 11.5 Å². The molecule has 32 heavy (non-hydrogen) atoms. The summed E-state index contributed by atoms with van der Waals surface area (Å²) in [5.74, 6) is -0.832. The van der Waals surface area contributed by atoms with Crippen molar-refractivity contribution in [1.82, 2.24) is 0 Å². The standard InChI is InChI=1S/C21H24O11/c1-28-14-8-12(7-13(23)19(14)29-2)31-21-18(26)17(25)16(24)15(32-21)9-30-20(27)10-3-5-11(22)6-4-10/h3-8,15-18,21-26H,9H2,1-2H3/t15-,16-,17+,18-,21-/m1/s1. The minimum absolute atomic E-state index is 0.0210. The molecule has 1 saturated heterocycles. The first-order valence-corrected chi connectivity index (χ1v) is 9.52. The minimum atomic E-state index is -1.67. The molecule has 1 fully saturated rings. The number of phenols is 2. The van der Waals surface area contributed by atoms with E-state index < -0.39 is 43.3 Å². The molecule has 5 N–H and O–H groups in total. The second-order valence-electron chi connectivity index (χ2n) is 6.96. The van der Waals surface area contributed by atoms with Crippen molar-refractivity contribution in [2.75, 3.05) is 20.8 Å². The van der Waals surface area contributed by atoms with Gasteiger partial charge in [-0.2, -0.15) is 0 Å². The van der Waals surface area contributed by atoms with E-state index in [2.05, 4.69) is 0 Å². The lowest BCUT2D eigenvalue weighted by atomic mass is 9.99. The molecule has 2 aromatic rings. The van der Waals surface area contributed by atoms with Crippen molar-refractivity contribution in [1.29, 1.82) is 0 Å². The first-order chi connectivity index (χ1) is 15.2. The van der Waals surface area contributed by atoms with Crippen molar-refractivity contribution >= 4 is 5.97 Å². The summed E-state index contributed by atoms with van der Waals surface area (Å²) in [6.07, 6.45) is -7.59. The number of benzene rings is 2. The molecule has 11 nitrogen and oxygen atoms in total. The highest BCUT2D eigenvalue weighted by molar-refractivity contribution is 5.89. The smallest absolute Gasteiger partial charge is 0.338 e. The summed E-state index contributed by atoms with van der Waals surface area (Å²) in [7, 11) is 2.69. The largest absolute Gasteiger partial charge is 0.508 e. The minimum Gasteiger partial charge on any atom is -0.508 e. The number of aliphatic hydroxyl groups is 3. The van der Waals surface area contributed by atoms with Crippen LogP contribution in [0.2, 0.25) is 0 Å². The fourth-order valence-electron chi connectivity index (χ4n) is 3.11. The molecule has 174 valence electrons. The summed E-state index contributed by atoms with van der Waals surface area (Å²) in [6, 6.07) is 7.88. The molecule has 0 aliphatic carbocycles. The quantitative estimate of drug-likeness (QED) is 0.363. The first-order valence-electron chi connectivity index (χ1n) is 9.52. The van der Waals surface area contributed by atoms with Crippen LogP contribution in [0.1, 0.15) is 10.4 Å². The Balaban J connectivity index is 1.70. The Kier molecular flexibility index (Phi) is 7.26. The lowest BCUT2D eigenvalue weighted by molar-refractivity contribution is -0.277. The maximum absolute atomic E-state index is 12.2. The molecule has 1 heterocycles. The van der Waals surface area contributed by atoms with Gasteiger partial charge in [-0.3, -0.25) is 0 Å². The van der Waals surface area contributed by atoms with Crippen LogP contribution in [0.15, 0.2) is 36.4 Å². The second-order valence-corrected chi connectivity index (χ2v) is 6.96.